The zero-order chi connectivity index (χ0) is 16.1. The van der Waals surface area contributed by atoms with Gasteiger partial charge in [0.15, 0.2) is 0 Å². The van der Waals surface area contributed by atoms with E-state index in [9.17, 15) is 17.6 Å². The molecule has 120 valence electrons. The lowest BCUT2D eigenvalue weighted by molar-refractivity contribution is -0.142. The summed E-state index contributed by atoms with van der Waals surface area (Å²) in [6.07, 6.45) is 1.67. The number of rotatable bonds is 4. The van der Waals surface area contributed by atoms with Crippen molar-refractivity contribution in [1.29, 1.82) is 0 Å². The molecule has 0 amide bonds. The third kappa shape index (κ3) is 2.42. The maximum atomic E-state index is 13.6. The molecule has 3 rings (SSSR count). The van der Waals surface area contributed by atoms with Crippen LogP contribution in [0.5, 0.6) is 0 Å². The van der Waals surface area contributed by atoms with E-state index in [0.717, 1.165) is 12.8 Å². The highest BCUT2D eigenvalue weighted by Crippen LogP contribution is 2.54. The standard InChI is InChI=1S/C15H18FNO4S/c1-10-12(16)3-2-4-13(10)22(20,21)17-8-15(9-17)6-11(7-15)5-14(18)19/h2-4,11H,5-9H2,1H3,(H,18,19). The molecule has 1 heterocycles. The lowest BCUT2D eigenvalue weighted by atomic mass is 9.58. The van der Waals surface area contributed by atoms with Crippen LogP contribution in [0.25, 0.3) is 0 Å². The van der Waals surface area contributed by atoms with Crippen LogP contribution in [0.4, 0.5) is 4.39 Å². The highest BCUT2D eigenvalue weighted by molar-refractivity contribution is 7.89. The minimum atomic E-state index is -3.67. The number of halogens is 1. The Balaban J connectivity index is 1.68. The third-order valence-corrected chi connectivity index (χ3v) is 6.70. The van der Waals surface area contributed by atoms with Crippen LogP contribution >= 0.6 is 0 Å². The lowest BCUT2D eigenvalue weighted by Gasteiger charge is -2.58. The van der Waals surface area contributed by atoms with Crippen molar-refractivity contribution in [1.82, 2.24) is 4.31 Å². The molecular formula is C15H18FNO4S. The summed E-state index contributed by atoms with van der Waals surface area (Å²) < 4.78 is 40.0. The van der Waals surface area contributed by atoms with Crippen LogP contribution in [0.1, 0.15) is 24.8 Å². The van der Waals surface area contributed by atoms with Crippen LogP contribution in [0.3, 0.4) is 0 Å². The molecule has 1 N–H and O–H groups in total. The monoisotopic (exact) mass is 327 g/mol. The van der Waals surface area contributed by atoms with E-state index >= 15 is 0 Å². The van der Waals surface area contributed by atoms with Crippen molar-refractivity contribution in [3.05, 3.63) is 29.6 Å². The number of hydrogen-bond acceptors (Lipinski definition) is 3. The van der Waals surface area contributed by atoms with Crippen molar-refractivity contribution in [2.24, 2.45) is 11.3 Å². The minimum absolute atomic E-state index is 0.0174. The van der Waals surface area contributed by atoms with Gasteiger partial charge in [-0.3, -0.25) is 4.79 Å². The Morgan fingerprint density at radius 3 is 2.64 bits per heavy atom. The first kappa shape index (κ1) is 15.4. The van der Waals surface area contributed by atoms with Crippen molar-refractivity contribution >= 4 is 16.0 Å². The summed E-state index contributed by atoms with van der Waals surface area (Å²) in [4.78, 5) is 10.7. The zero-order valence-electron chi connectivity index (χ0n) is 12.3. The van der Waals surface area contributed by atoms with Crippen molar-refractivity contribution < 1.29 is 22.7 Å². The fourth-order valence-corrected chi connectivity index (χ4v) is 5.59. The van der Waals surface area contributed by atoms with Crippen LogP contribution in [0.2, 0.25) is 0 Å². The number of carbonyl (C=O) groups is 1. The highest BCUT2D eigenvalue weighted by Gasteiger charge is 2.55. The second-order valence-corrected chi connectivity index (χ2v) is 8.41. The molecule has 1 spiro atoms. The van der Waals surface area contributed by atoms with Crippen LogP contribution in [-0.2, 0) is 14.8 Å². The maximum Gasteiger partial charge on any atom is 0.303 e. The first-order chi connectivity index (χ1) is 10.2. The van der Waals surface area contributed by atoms with Gasteiger partial charge in [-0.25, -0.2) is 12.8 Å². The molecule has 0 aromatic heterocycles. The SMILES string of the molecule is Cc1c(F)cccc1S(=O)(=O)N1CC2(CC(CC(=O)O)C2)C1. The van der Waals surface area contributed by atoms with Gasteiger partial charge >= 0.3 is 5.97 Å². The fraction of sp³-hybridized carbons (Fsp3) is 0.533. The van der Waals surface area contributed by atoms with Crippen LogP contribution in [0, 0.1) is 24.1 Å². The number of aliphatic carboxylic acids is 1. The topological polar surface area (TPSA) is 74.7 Å². The van der Waals surface area contributed by atoms with Gasteiger partial charge in [-0.05, 0) is 43.2 Å². The molecule has 0 bridgehead atoms. The molecule has 2 fully saturated rings. The van der Waals surface area contributed by atoms with E-state index in [1.807, 2.05) is 0 Å². The Morgan fingerprint density at radius 1 is 1.41 bits per heavy atom. The fourth-order valence-electron chi connectivity index (χ4n) is 3.69. The molecule has 0 unspecified atom stereocenters. The van der Waals surface area contributed by atoms with Crippen LogP contribution < -0.4 is 0 Å². The van der Waals surface area contributed by atoms with Crippen molar-refractivity contribution in [3.63, 3.8) is 0 Å². The predicted octanol–water partition coefficient (Wildman–Crippen LogP) is 2.01. The van der Waals surface area contributed by atoms with Crippen molar-refractivity contribution in [3.8, 4) is 0 Å². The van der Waals surface area contributed by atoms with Gasteiger partial charge in [-0.1, -0.05) is 6.07 Å². The molecule has 0 atom stereocenters. The summed E-state index contributed by atoms with van der Waals surface area (Å²) in [6.45, 7) is 2.27. The lowest BCUT2D eigenvalue weighted by Crippen LogP contribution is -2.63. The van der Waals surface area contributed by atoms with Gasteiger partial charge < -0.3 is 5.11 Å². The van der Waals surface area contributed by atoms with Gasteiger partial charge in [0.2, 0.25) is 10.0 Å². The maximum absolute atomic E-state index is 13.6. The zero-order valence-corrected chi connectivity index (χ0v) is 13.1. The van der Waals surface area contributed by atoms with Crippen molar-refractivity contribution in [2.75, 3.05) is 13.1 Å². The van der Waals surface area contributed by atoms with E-state index in [0.29, 0.717) is 13.1 Å². The molecule has 1 aliphatic carbocycles. The Hall–Kier alpha value is -1.47. The summed E-state index contributed by atoms with van der Waals surface area (Å²) in [7, 11) is -3.67. The average Bonchev–Trinajstić information content (AvgIpc) is 2.33. The van der Waals surface area contributed by atoms with Gasteiger partial charge in [0.25, 0.3) is 0 Å². The molecule has 1 aliphatic heterocycles. The molecule has 1 aromatic rings. The Labute approximate surface area is 128 Å². The van der Waals surface area contributed by atoms with E-state index in [1.165, 1.54) is 29.4 Å². The highest BCUT2D eigenvalue weighted by atomic mass is 32.2. The molecule has 1 saturated carbocycles. The van der Waals surface area contributed by atoms with E-state index in [-0.39, 0.29) is 28.2 Å². The van der Waals surface area contributed by atoms with Crippen molar-refractivity contribution in [2.45, 2.75) is 31.1 Å². The molecule has 7 heteroatoms. The molecule has 0 radical (unpaired) electrons. The number of nitrogens with zero attached hydrogens (tertiary/aromatic N) is 1. The normalized spacial score (nSPS) is 21.4. The number of hydrogen-bond donors (Lipinski definition) is 1. The van der Waals surface area contributed by atoms with Gasteiger partial charge in [0.05, 0.1) is 4.90 Å². The summed E-state index contributed by atoms with van der Waals surface area (Å²) >= 11 is 0. The van der Waals surface area contributed by atoms with E-state index < -0.39 is 21.8 Å². The molecule has 2 aliphatic rings. The van der Waals surface area contributed by atoms with Gasteiger partial charge in [0.1, 0.15) is 5.82 Å². The van der Waals surface area contributed by atoms with Crippen LogP contribution in [0.15, 0.2) is 23.1 Å². The second-order valence-electron chi connectivity index (χ2n) is 6.51. The number of benzene rings is 1. The molecular weight excluding hydrogens is 309 g/mol. The molecule has 22 heavy (non-hydrogen) atoms. The summed E-state index contributed by atoms with van der Waals surface area (Å²) in [5.74, 6) is -1.18. The van der Waals surface area contributed by atoms with Gasteiger partial charge in [0, 0.05) is 25.1 Å². The molecule has 5 nitrogen and oxygen atoms in total. The number of carboxylic acids is 1. The van der Waals surface area contributed by atoms with Gasteiger partial charge in [-0.2, -0.15) is 4.31 Å². The van der Waals surface area contributed by atoms with Gasteiger partial charge in [-0.15, -0.1) is 0 Å². The first-order valence-corrected chi connectivity index (χ1v) is 8.65. The molecule has 1 aromatic carbocycles. The minimum Gasteiger partial charge on any atom is -0.481 e. The van der Waals surface area contributed by atoms with Crippen LogP contribution in [-0.4, -0.2) is 36.9 Å². The first-order valence-electron chi connectivity index (χ1n) is 7.21. The Morgan fingerprint density at radius 2 is 2.05 bits per heavy atom. The Bertz CT molecular complexity index is 717. The predicted molar refractivity (Wildman–Crippen MR) is 77.3 cm³/mol. The largest absolute Gasteiger partial charge is 0.481 e. The second kappa shape index (κ2) is 5.03. The third-order valence-electron chi connectivity index (χ3n) is 4.77. The van der Waals surface area contributed by atoms with E-state index in [4.69, 9.17) is 5.11 Å². The quantitative estimate of drug-likeness (QED) is 0.918. The molecule has 1 saturated heterocycles. The van der Waals surface area contributed by atoms with E-state index in [2.05, 4.69) is 0 Å². The summed E-state index contributed by atoms with van der Waals surface area (Å²) in [6, 6.07) is 4.07. The smallest absolute Gasteiger partial charge is 0.303 e. The summed E-state index contributed by atoms with van der Waals surface area (Å²) in [5.41, 5.74) is 0.0785. The average molecular weight is 327 g/mol. The number of carboxylic acid groups (broad SMARTS) is 1. The number of sulfonamides is 1. The Kier molecular flexibility index (Phi) is 3.52. The summed E-state index contributed by atoms with van der Waals surface area (Å²) in [5, 5.41) is 8.75. The van der Waals surface area contributed by atoms with E-state index in [1.54, 1.807) is 0 Å².